The van der Waals surface area contributed by atoms with Gasteiger partial charge in [0.25, 0.3) is 0 Å². The summed E-state index contributed by atoms with van der Waals surface area (Å²) in [4.78, 5) is 9.19. The number of hydrogen-bond acceptors (Lipinski definition) is 3. The standard InChI is InChI=1S/C17H26N4/c1-2-11-21-15-7-10-19-12-14(15)20-16(21)17(13-18)8-5-3-4-6-9-17/h7,10,12H,2-6,8-9,11,13,18H2,1H3. The first-order valence-electron chi connectivity index (χ1n) is 8.31. The van der Waals surface area contributed by atoms with Crippen LogP contribution in [-0.2, 0) is 12.0 Å². The molecule has 2 N–H and O–H groups in total. The highest BCUT2D eigenvalue weighted by atomic mass is 15.1. The quantitative estimate of drug-likeness (QED) is 0.876. The summed E-state index contributed by atoms with van der Waals surface area (Å²) < 4.78 is 2.40. The highest BCUT2D eigenvalue weighted by Gasteiger charge is 2.36. The van der Waals surface area contributed by atoms with Crippen molar-refractivity contribution in [3.63, 3.8) is 0 Å². The van der Waals surface area contributed by atoms with Crippen molar-refractivity contribution in [2.45, 2.75) is 63.8 Å². The van der Waals surface area contributed by atoms with Gasteiger partial charge in [-0.05, 0) is 25.3 Å². The summed E-state index contributed by atoms with van der Waals surface area (Å²) in [6, 6.07) is 2.09. The fraction of sp³-hybridized carbons (Fsp3) is 0.647. The Hall–Kier alpha value is -1.42. The minimum absolute atomic E-state index is 0.0602. The van der Waals surface area contributed by atoms with Gasteiger partial charge in [-0.1, -0.05) is 32.6 Å². The van der Waals surface area contributed by atoms with Gasteiger partial charge in [-0.15, -0.1) is 0 Å². The maximum absolute atomic E-state index is 6.26. The lowest BCUT2D eigenvalue weighted by Crippen LogP contribution is -2.37. The predicted molar refractivity (Wildman–Crippen MR) is 86.3 cm³/mol. The van der Waals surface area contributed by atoms with E-state index in [9.17, 15) is 0 Å². The number of fused-ring (bicyclic) bond motifs is 1. The second-order valence-electron chi connectivity index (χ2n) is 6.35. The molecule has 4 nitrogen and oxygen atoms in total. The molecule has 0 unspecified atom stereocenters. The monoisotopic (exact) mass is 286 g/mol. The Morgan fingerprint density at radius 2 is 2.00 bits per heavy atom. The van der Waals surface area contributed by atoms with Gasteiger partial charge in [0.1, 0.15) is 11.3 Å². The minimum atomic E-state index is 0.0602. The molecule has 21 heavy (non-hydrogen) atoms. The predicted octanol–water partition coefficient (Wildman–Crippen LogP) is 3.39. The summed E-state index contributed by atoms with van der Waals surface area (Å²) in [5.74, 6) is 1.21. The van der Waals surface area contributed by atoms with Crippen LogP contribution in [0, 0.1) is 0 Å². The summed E-state index contributed by atoms with van der Waals surface area (Å²) in [6.45, 7) is 3.93. The summed E-state index contributed by atoms with van der Waals surface area (Å²) in [7, 11) is 0. The van der Waals surface area contributed by atoms with Crippen LogP contribution in [0.2, 0.25) is 0 Å². The number of imidazole rings is 1. The van der Waals surface area contributed by atoms with E-state index in [2.05, 4.69) is 22.5 Å². The van der Waals surface area contributed by atoms with Crippen LogP contribution in [0.4, 0.5) is 0 Å². The highest BCUT2D eigenvalue weighted by molar-refractivity contribution is 5.75. The van der Waals surface area contributed by atoms with E-state index in [0.717, 1.165) is 18.5 Å². The fourth-order valence-electron chi connectivity index (χ4n) is 3.76. The molecular weight excluding hydrogens is 260 g/mol. The number of aryl methyl sites for hydroxylation is 1. The Kier molecular flexibility index (Phi) is 4.24. The molecule has 0 radical (unpaired) electrons. The molecule has 1 aliphatic rings. The summed E-state index contributed by atoms with van der Waals surface area (Å²) >= 11 is 0. The van der Waals surface area contributed by atoms with E-state index in [4.69, 9.17) is 10.7 Å². The first-order chi connectivity index (χ1) is 10.3. The van der Waals surface area contributed by atoms with Crippen LogP contribution in [-0.4, -0.2) is 21.1 Å². The molecule has 0 aromatic carbocycles. The van der Waals surface area contributed by atoms with E-state index in [1.54, 1.807) is 0 Å². The van der Waals surface area contributed by atoms with Crippen LogP contribution < -0.4 is 5.73 Å². The van der Waals surface area contributed by atoms with E-state index in [-0.39, 0.29) is 5.41 Å². The number of nitrogens with two attached hydrogens (primary N) is 1. The second-order valence-corrected chi connectivity index (χ2v) is 6.35. The molecule has 4 heteroatoms. The van der Waals surface area contributed by atoms with Crippen LogP contribution in [0.1, 0.15) is 57.7 Å². The molecule has 2 aromatic heterocycles. The van der Waals surface area contributed by atoms with Gasteiger partial charge in [0, 0.05) is 24.7 Å². The molecule has 114 valence electrons. The first kappa shape index (κ1) is 14.5. The molecular formula is C17H26N4. The second kappa shape index (κ2) is 6.14. The third kappa shape index (κ3) is 2.57. The third-order valence-corrected chi connectivity index (χ3v) is 4.92. The number of pyridine rings is 1. The Balaban J connectivity index is 2.14. The van der Waals surface area contributed by atoms with E-state index < -0.39 is 0 Å². The fourth-order valence-corrected chi connectivity index (χ4v) is 3.76. The summed E-state index contributed by atoms with van der Waals surface area (Å²) in [6.07, 6.45) is 12.4. The Labute approximate surface area is 126 Å². The normalized spacial score (nSPS) is 18.8. The van der Waals surface area contributed by atoms with Crippen LogP contribution in [0.25, 0.3) is 11.0 Å². The lowest BCUT2D eigenvalue weighted by molar-refractivity contribution is 0.345. The van der Waals surface area contributed by atoms with Crippen LogP contribution in [0.3, 0.4) is 0 Å². The summed E-state index contributed by atoms with van der Waals surface area (Å²) in [5, 5.41) is 0. The van der Waals surface area contributed by atoms with Gasteiger partial charge in [-0.25, -0.2) is 4.98 Å². The van der Waals surface area contributed by atoms with Gasteiger partial charge in [-0.2, -0.15) is 0 Å². The molecule has 0 spiro atoms. The molecule has 1 fully saturated rings. The van der Waals surface area contributed by atoms with Gasteiger partial charge in [0.2, 0.25) is 0 Å². The van der Waals surface area contributed by atoms with Gasteiger partial charge in [0.05, 0.1) is 11.7 Å². The largest absolute Gasteiger partial charge is 0.329 e. The van der Waals surface area contributed by atoms with Crippen LogP contribution in [0.15, 0.2) is 18.5 Å². The zero-order valence-corrected chi connectivity index (χ0v) is 13.0. The Bertz CT molecular complexity index is 594. The number of hydrogen-bond donors (Lipinski definition) is 1. The molecule has 1 aliphatic carbocycles. The number of nitrogens with zero attached hydrogens (tertiary/aromatic N) is 3. The minimum Gasteiger partial charge on any atom is -0.329 e. The van der Waals surface area contributed by atoms with E-state index in [0.29, 0.717) is 6.54 Å². The van der Waals surface area contributed by atoms with Crippen molar-refractivity contribution < 1.29 is 0 Å². The molecule has 0 amide bonds. The summed E-state index contributed by atoms with van der Waals surface area (Å²) in [5.41, 5.74) is 8.54. The van der Waals surface area contributed by atoms with Gasteiger partial charge in [-0.3, -0.25) is 4.98 Å². The molecule has 0 saturated heterocycles. The van der Waals surface area contributed by atoms with Crippen molar-refractivity contribution in [3.05, 3.63) is 24.3 Å². The smallest absolute Gasteiger partial charge is 0.117 e. The number of rotatable bonds is 4. The molecule has 3 rings (SSSR count). The first-order valence-corrected chi connectivity index (χ1v) is 8.31. The third-order valence-electron chi connectivity index (χ3n) is 4.92. The zero-order chi connectivity index (χ0) is 14.7. The Morgan fingerprint density at radius 1 is 1.24 bits per heavy atom. The van der Waals surface area contributed by atoms with Crippen LogP contribution in [0.5, 0.6) is 0 Å². The van der Waals surface area contributed by atoms with Gasteiger partial charge >= 0.3 is 0 Å². The lowest BCUT2D eigenvalue weighted by Gasteiger charge is -2.31. The van der Waals surface area contributed by atoms with Crippen molar-refractivity contribution in [1.29, 1.82) is 0 Å². The maximum Gasteiger partial charge on any atom is 0.117 e. The van der Waals surface area contributed by atoms with Crippen molar-refractivity contribution in [2.75, 3.05) is 6.54 Å². The molecule has 0 atom stereocenters. The molecule has 2 heterocycles. The Morgan fingerprint density at radius 3 is 2.67 bits per heavy atom. The zero-order valence-electron chi connectivity index (χ0n) is 13.0. The van der Waals surface area contributed by atoms with E-state index >= 15 is 0 Å². The highest BCUT2D eigenvalue weighted by Crippen LogP contribution is 2.38. The average Bonchev–Trinajstić information content (AvgIpc) is 2.72. The van der Waals surface area contributed by atoms with Crippen molar-refractivity contribution in [2.24, 2.45) is 5.73 Å². The van der Waals surface area contributed by atoms with Gasteiger partial charge < -0.3 is 10.3 Å². The van der Waals surface area contributed by atoms with Gasteiger partial charge in [0.15, 0.2) is 0 Å². The molecule has 0 bridgehead atoms. The average molecular weight is 286 g/mol. The molecule has 0 aliphatic heterocycles. The van der Waals surface area contributed by atoms with Crippen molar-refractivity contribution in [1.82, 2.24) is 14.5 Å². The topological polar surface area (TPSA) is 56.7 Å². The van der Waals surface area contributed by atoms with Crippen molar-refractivity contribution >= 4 is 11.0 Å². The maximum atomic E-state index is 6.26. The van der Waals surface area contributed by atoms with E-state index in [1.165, 1.54) is 49.9 Å². The van der Waals surface area contributed by atoms with Crippen LogP contribution >= 0.6 is 0 Å². The SMILES string of the molecule is CCCn1c(C2(CN)CCCCCC2)nc2cnccc21. The lowest BCUT2D eigenvalue weighted by atomic mass is 9.79. The van der Waals surface area contributed by atoms with E-state index in [1.807, 2.05) is 12.4 Å². The number of aromatic nitrogens is 3. The molecule has 2 aromatic rings. The van der Waals surface area contributed by atoms with Crippen molar-refractivity contribution in [3.8, 4) is 0 Å². The molecule has 1 saturated carbocycles.